The molecule has 0 fully saturated rings. The van der Waals surface area contributed by atoms with E-state index in [-0.39, 0.29) is 17.8 Å². The van der Waals surface area contributed by atoms with Crippen LogP contribution >= 0.6 is 0 Å². The summed E-state index contributed by atoms with van der Waals surface area (Å²) < 4.78 is 10.00. The molecule has 11 heteroatoms. The standard InChI is InChI=1S/C27H30N8O3/c1-4-8-22-28-25-23(26(36)33(5-2)27(37)34(25)15-16-38-3)35(22)17-18-11-13-19(14-12-18)20-9-6-7-10-21(20)24-29-31-32-30-24/h6-7,9-14H,4-5,8,15-17H2,1-3H3,(H,29,30,31,32). The van der Waals surface area contributed by atoms with E-state index < -0.39 is 0 Å². The molecule has 0 amide bonds. The second-order valence-corrected chi connectivity index (χ2v) is 8.99. The van der Waals surface area contributed by atoms with E-state index in [0.717, 1.165) is 34.5 Å². The lowest BCUT2D eigenvalue weighted by atomic mass is 9.98. The van der Waals surface area contributed by atoms with Gasteiger partial charge in [0.1, 0.15) is 5.82 Å². The minimum atomic E-state index is -0.362. The smallest absolute Gasteiger partial charge is 0.332 e. The number of fused-ring (bicyclic) bond motifs is 1. The number of aromatic amines is 1. The third-order valence-corrected chi connectivity index (χ3v) is 6.62. The minimum Gasteiger partial charge on any atom is -0.383 e. The molecule has 3 aromatic heterocycles. The lowest BCUT2D eigenvalue weighted by Crippen LogP contribution is -2.40. The summed E-state index contributed by atoms with van der Waals surface area (Å²) in [4.78, 5) is 31.3. The molecular formula is C27H30N8O3. The van der Waals surface area contributed by atoms with Crippen LogP contribution in [0.5, 0.6) is 0 Å². The lowest BCUT2D eigenvalue weighted by molar-refractivity contribution is 0.186. The molecular weight excluding hydrogens is 484 g/mol. The van der Waals surface area contributed by atoms with Gasteiger partial charge < -0.3 is 9.30 Å². The second kappa shape index (κ2) is 10.9. The molecule has 1 N–H and O–H groups in total. The highest BCUT2D eigenvalue weighted by atomic mass is 16.5. The first-order valence-corrected chi connectivity index (χ1v) is 12.7. The molecule has 0 unspecified atom stereocenters. The zero-order valence-electron chi connectivity index (χ0n) is 21.7. The second-order valence-electron chi connectivity index (χ2n) is 8.99. The van der Waals surface area contributed by atoms with E-state index in [1.54, 1.807) is 18.6 Å². The summed E-state index contributed by atoms with van der Waals surface area (Å²) in [5.74, 6) is 1.32. The Kier molecular flexibility index (Phi) is 7.27. The molecule has 0 saturated carbocycles. The van der Waals surface area contributed by atoms with Crippen molar-refractivity contribution >= 4 is 11.2 Å². The van der Waals surface area contributed by atoms with Crippen LogP contribution in [0.3, 0.4) is 0 Å². The Balaban J connectivity index is 1.58. The van der Waals surface area contributed by atoms with Gasteiger partial charge in [-0.2, -0.15) is 5.21 Å². The molecule has 3 heterocycles. The van der Waals surface area contributed by atoms with E-state index in [1.807, 2.05) is 53.1 Å². The number of aryl methyl sites for hydroxylation is 1. The fraction of sp³-hybridized carbons (Fsp3) is 0.333. The summed E-state index contributed by atoms with van der Waals surface area (Å²) in [5, 5.41) is 14.5. The number of ether oxygens (including phenoxy) is 1. The quantitative estimate of drug-likeness (QED) is 0.304. The molecule has 11 nitrogen and oxygen atoms in total. The Labute approximate surface area is 218 Å². The van der Waals surface area contributed by atoms with Gasteiger partial charge in [0.05, 0.1) is 13.2 Å². The molecule has 0 aliphatic rings. The minimum absolute atomic E-state index is 0.281. The van der Waals surface area contributed by atoms with E-state index >= 15 is 0 Å². The van der Waals surface area contributed by atoms with Crippen molar-refractivity contribution < 1.29 is 4.74 Å². The van der Waals surface area contributed by atoms with E-state index in [2.05, 4.69) is 27.5 Å². The third-order valence-electron chi connectivity index (χ3n) is 6.62. The van der Waals surface area contributed by atoms with Crippen LogP contribution < -0.4 is 11.2 Å². The van der Waals surface area contributed by atoms with Gasteiger partial charge in [0, 0.05) is 32.2 Å². The van der Waals surface area contributed by atoms with Gasteiger partial charge in [0.2, 0.25) is 5.82 Å². The summed E-state index contributed by atoms with van der Waals surface area (Å²) in [6.45, 7) is 5.28. The predicted octanol–water partition coefficient (Wildman–Crippen LogP) is 2.87. The molecule has 38 heavy (non-hydrogen) atoms. The summed E-state index contributed by atoms with van der Waals surface area (Å²) in [7, 11) is 1.59. The molecule has 2 aromatic carbocycles. The van der Waals surface area contributed by atoms with Gasteiger partial charge in [-0.15, -0.1) is 10.2 Å². The number of hydrogen-bond donors (Lipinski definition) is 1. The first-order chi connectivity index (χ1) is 18.6. The predicted molar refractivity (Wildman–Crippen MR) is 144 cm³/mol. The van der Waals surface area contributed by atoms with Crippen molar-refractivity contribution in [2.24, 2.45) is 0 Å². The van der Waals surface area contributed by atoms with Gasteiger partial charge in [-0.1, -0.05) is 55.5 Å². The molecule has 5 aromatic rings. The van der Waals surface area contributed by atoms with Crippen LogP contribution in [0.25, 0.3) is 33.7 Å². The maximum Gasteiger partial charge on any atom is 0.332 e. The van der Waals surface area contributed by atoms with Crippen molar-refractivity contribution in [3.05, 3.63) is 80.8 Å². The fourth-order valence-electron chi connectivity index (χ4n) is 4.76. The van der Waals surface area contributed by atoms with E-state index in [4.69, 9.17) is 9.72 Å². The molecule has 196 valence electrons. The van der Waals surface area contributed by atoms with Crippen molar-refractivity contribution in [1.82, 2.24) is 39.3 Å². The summed E-state index contributed by atoms with van der Waals surface area (Å²) >= 11 is 0. The van der Waals surface area contributed by atoms with Crippen LogP contribution in [0.4, 0.5) is 0 Å². The van der Waals surface area contributed by atoms with Gasteiger partial charge in [-0.3, -0.25) is 13.9 Å². The monoisotopic (exact) mass is 514 g/mol. The number of benzene rings is 2. The van der Waals surface area contributed by atoms with Crippen molar-refractivity contribution in [3.8, 4) is 22.5 Å². The van der Waals surface area contributed by atoms with Crippen LogP contribution in [0, 0.1) is 0 Å². The van der Waals surface area contributed by atoms with Crippen LogP contribution in [0.2, 0.25) is 0 Å². The molecule has 0 bridgehead atoms. The largest absolute Gasteiger partial charge is 0.383 e. The number of tetrazole rings is 1. The average Bonchev–Trinajstić information content (AvgIpc) is 3.59. The molecule has 0 radical (unpaired) electrons. The first-order valence-electron chi connectivity index (χ1n) is 12.7. The SMILES string of the molecule is CCCc1nc2c(c(=O)n(CC)c(=O)n2CCOC)n1Cc1ccc(-c2ccccc2-c2nn[nH]n2)cc1. The highest BCUT2D eigenvalue weighted by Gasteiger charge is 2.21. The van der Waals surface area contributed by atoms with Gasteiger partial charge >= 0.3 is 5.69 Å². The van der Waals surface area contributed by atoms with Gasteiger partial charge in [-0.05, 0) is 35.2 Å². The fourth-order valence-corrected chi connectivity index (χ4v) is 4.76. The third kappa shape index (κ3) is 4.56. The van der Waals surface area contributed by atoms with E-state index in [9.17, 15) is 9.59 Å². The number of methoxy groups -OCH3 is 1. The summed E-state index contributed by atoms with van der Waals surface area (Å²) in [6, 6.07) is 16.1. The molecule has 0 saturated heterocycles. The Morgan fingerprint density at radius 3 is 2.37 bits per heavy atom. The molecule has 5 rings (SSSR count). The Morgan fingerprint density at radius 2 is 1.71 bits per heavy atom. The van der Waals surface area contributed by atoms with E-state index in [1.165, 1.54) is 4.57 Å². The van der Waals surface area contributed by atoms with Gasteiger partial charge in [0.15, 0.2) is 11.2 Å². The van der Waals surface area contributed by atoms with Crippen molar-refractivity contribution in [3.63, 3.8) is 0 Å². The van der Waals surface area contributed by atoms with E-state index in [0.29, 0.717) is 43.1 Å². The maximum atomic E-state index is 13.5. The first kappa shape index (κ1) is 25.3. The average molecular weight is 515 g/mol. The zero-order chi connectivity index (χ0) is 26.6. The van der Waals surface area contributed by atoms with Gasteiger partial charge in [0.25, 0.3) is 5.56 Å². The highest BCUT2D eigenvalue weighted by Crippen LogP contribution is 2.30. The zero-order valence-corrected chi connectivity index (χ0v) is 21.7. The molecule has 0 spiro atoms. The number of nitrogens with one attached hydrogen (secondary N) is 1. The van der Waals surface area contributed by atoms with Crippen molar-refractivity contribution in [2.45, 2.75) is 46.3 Å². The van der Waals surface area contributed by atoms with Crippen LogP contribution in [0.1, 0.15) is 31.7 Å². The number of rotatable bonds is 10. The Hall–Kier alpha value is -4.38. The number of imidazole rings is 1. The molecule has 0 aliphatic carbocycles. The molecule has 0 aliphatic heterocycles. The number of nitrogens with zero attached hydrogens (tertiary/aromatic N) is 7. The number of H-pyrrole nitrogens is 1. The summed E-state index contributed by atoms with van der Waals surface area (Å²) in [5.41, 5.74) is 4.08. The topological polar surface area (TPSA) is 126 Å². The van der Waals surface area contributed by atoms with Crippen LogP contribution in [0.15, 0.2) is 58.1 Å². The van der Waals surface area contributed by atoms with Crippen LogP contribution in [-0.4, -0.2) is 53.0 Å². The van der Waals surface area contributed by atoms with Gasteiger partial charge in [-0.25, -0.2) is 9.78 Å². The maximum absolute atomic E-state index is 13.5. The van der Waals surface area contributed by atoms with Crippen molar-refractivity contribution in [1.29, 1.82) is 0 Å². The lowest BCUT2D eigenvalue weighted by Gasteiger charge is -2.13. The summed E-state index contributed by atoms with van der Waals surface area (Å²) in [6.07, 6.45) is 1.55. The number of hydrogen-bond acceptors (Lipinski definition) is 7. The van der Waals surface area contributed by atoms with Crippen LogP contribution in [-0.2, 0) is 30.8 Å². The highest BCUT2D eigenvalue weighted by molar-refractivity contribution is 5.80. The number of aromatic nitrogens is 8. The normalized spacial score (nSPS) is 11.4. The Morgan fingerprint density at radius 1 is 0.947 bits per heavy atom. The molecule has 0 atom stereocenters. The van der Waals surface area contributed by atoms with Crippen molar-refractivity contribution in [2.75, 3.05) is 13.7 Å². The Bertz CT molecular complexity index is 1660.